The van der Waals surface area contributed by atoms with Crippen LogP contribution in [0.4, 0.5) is 0 Å². The highest BCUT2D eigenvalue weighted by molar-refractivity contribution is 7.84. The van der Waals surface area contributed by atoms with Crippen molar-refractivity contribution < 1.29 is 0 Å². The molecule has 0 saturated heterocycles. The van der Waals surface area contributed by atoms with Crippen LogP contribution in [0.2, 0.25) is 0 Å². The number of hydrogen-bond donors (Lipinski definition) is 2. The van der Waals surface area contributed by atoms with Crippen LogP contribution >= 0.6 is 25.3 Å². The molecule has 7 heavy (non-hydrogen) atoms. The fraction of sp³-hybridized carbons (Fsp3) is 1.00. The Hall–Kier alpha value is 0.700. The molecule has 1 atom stereocenters. The lowest BCUT2D eigenvalue weighted by atomic mass is 10.1. The number of thiol groups is 2. The van der Waals surface area contributed by atoms with Crippen LogP contribution in [0.15, 0.2) is 0 Å². The van der Waals surface area contributed by atoms with Gasteiger partial charge in [0, 0.05) is 11.0 Å². The molecule has 0 aliphatic carbocycles. The third-order valence-corrected chi connectivity index (χ3v) is 2.42. The van der Waals surface area contributed by atoms with Crippen molar-refractivity contribution in [2.45, 2.75) is 19.1 Å². The summed E-state index contributed by atoms with van der Waals surface area (Å²) in [7, 11) is 0. The minimum atomic E-state index is 0.461. The molecular formula is C5H12S2. The Morgan fingerprint density at radius 2 is 1.86 bits per heavy atom. The molecule has 0 bridgehead atoms. The molecule has 0 saturated carbocycles. The maximum atomic E-state index is 4.25. The summed E-state index contributed by atoms with van der Waals surface area (Å²) in [6.45, 7) is 4.29. The zero-order valence-corrected chi connectivity index (χ0v) is 6.55. The average Bonchev–Trinajstić information content (AvgIpc) is 1.65. The summed E-state index contributed by atoms with van der Waals surface area (Å²) in [6.07, 6.45) is 0. The van der Waals surface area contributed by atoms with E-state index in [9.17, 15) is 0 Å². The summed E-state index contributed by atoms with van der Waals surface area (Å²) in [4.78, 5) is 0. The summed E-state index contributed by atoms with van der Waals surface area (Å²) in [5.41, 5.74) is 0. The van der Waals surface area contributed by atoms with E-state index in [-0.39, 0.29) is 0 Å². The summed E-state index contributed by atoms with van der Waals surface area (Å²) in [5, 5.41) is 0.461. The summed E-state index contributed by atoms with van der Waals surface area (Å²) in [5.74, 6) is 1.53. The SMILES string of the molecule is CC(C)C(S)CS. The van der Waals surface area contributed by atoms with Gasteiger partial charge in [-0.1, -0.05) is 13.8 Å². The van der Waals surface area contributed by atoms with Crippen LogP contribution in [0, 0.1) is 5.92 Å². The minimum Gasteiger partial charge on any atom is -0.178 e. The van der Waals surface area contributed by atoms with Crippen molar-refractivity contribution >= 4 is 25.3 Å². The van der Waals surface area contributed by atoms with Gasteiger partial charge in [-0.3, -0.25) is 0 Å². The van der Waals surface area contributed by atoms with Gasteiger partial charge in [-0.05, 0) is 5.92 Å². The molecule has 0 aromatic rings. The quantitative estimate of drug-likeness (QED) is 0.532. The Morgan fingerprint density at radius 3 is 1.86 bits per heavy atom. The Balaban J connectivity index is 3.14. The van der Waals surface area contributed by atoms with E-state index in [1.807, 2.05) is 0 Å². The smallest absolute Gasteiger partial charge is 0.0128 e. The normalized spacial score (nSPS) is 15.0. The van der Waals surface area contributed by atoms with E-state index in [1.165, 1.54) is 0 Å². The second-order valence-electron chi connectivity index (χ2n) is 1.99. The molecule has 2 heteroatoms. The van der Waals surface area contributed by atoms with Crippen LogP contribution in [0.5, 0.6) is 0 Å². The molecule has 0 amide bonds. The molecule has 44 valence electrons. The van der Waals surface area contributed by atoms with Crippen LogP contribution in [-0.4, -0.2) is 11.0 Å². The van der Waals surface area contributed by atoms with Crippen LogP contribution in [0.3, 0.4) is 0 Å². The highest BCUT2D eigenvalue weighted by Gasteiger charge is 2.02. The Bertz CT molecular complexity index is 43.3. The fourth-order valence-corrected chi connectivity index (χ4v) is 0.632. The van der Waals surface area contributed by atoms with E-state index in [1.54, 1.807) is 0 Å². The van der Waals surface area contributed by atoms with Gasteiger partial charge in [0.1, 0.15) is 0 Å². The third kappa shape index (κ3) is 3.30. The topological polar surface area (TPSA) is 0 Å². The van der Waals surface area contributed by atoms with Gasteiger partial charge in [0.2, 0.25) is 0 Å². The predicted octanol–water partition coefficient (Wildman–Crippen LogP) is 1.87. The Kier molecular flexibility index (Phi) is 4.04. The van der Waals surface area contributed by atoms with Crippen molar-refractivity contribution in [1.29, 1.82) is 0 Å². The first kappa shape index (κ1) is 7.70. The van der Waals surface area contributed by atoms with E-state index in [2.05, 4.69) is 39.1 Å². The third-order valence-electron chi connectivity index (χ3n) is 0.957. The summed E-state index contributed by atoms with van der Waals surface area (Å²) in [6, 6.07) is 0. The molecule has 0 nitrogen and oxygen atoms in total. The first-order valence-electron chi connectivity index (χ1n) is 2.47. The molecule has 0 fully saturated rings. The molecule has 0 aliphatic rings. The molecule has 0 aromatic carbocycles. The zero-order chi connectivity index (χ0) is 5.86. The highest BCUT2D eigenvalue weighted by atomic mass is 32.1. The molecular weight excluding hydrogens is 124 g/mol. The number of hydrogen-bond acceptors (Lipinski definition) is 2. The fourth-order valence-electron chi connectivity index (χ4n) is 0.211. The Morgan fingerprint density at radius 1 is 1.43 bits per heavy atom. The summed E-state index contributed by atoms with van der Waals surface area (Å²) < 4.78 is 0. The zero-order valence-electron chi connectivity index (χ0n) is 4.76. The van der Waals surface area contributed by atoms with Crippen LogP contribution < -0.4 is 0 Å². The molecule has 0 aliphatic heterocycles. The van der Waals surface area contributed by atoms with Gasteiger partial charge in [-0.15, -0.1) is 0 Å². The van der Waals surface area contributed by atoms with Crippen molar-refractivity contribution in [1.82, 2.24) is 0 Å². The van der Waals surface area contributed by atoms with E-state index in [4.69, 9.17) is 0 Å². The largest absolute Gasteiger partial charge is 0.178 e. The maximum absolute atomic E-state index is 4.25. The van der Waals surface area contributed by atoms with Crippen LogP contribution in [0.25, 0.3) is 0 Å². The monoisotopic (exact) mass is 136 g/mol. The van der Waals surface area contributed by atoms with Gasteiger partial charge >= 0.3 is 0 Å². The van der Waals surface area contributed by atoms with Crippen molar-refractivity contribution in [2.75, 3.05) is 5.75 Å². The first-order valence-corrected chi connectivity index (χ1v) is 3.62. The van der Waals surface area contributed by atoms with Gasteiger partial charge in [0.05, 0.1) is 0 Å². The predicted molar refractivity (Wildman–Crippen MR) is 41.5 cm³/mol. The molecule has 0 rings (SSSR count). The van der Waals surface area contributed by atoms with Crippen LogP contribution in [0.1, 0.15) is 13.8 Å². The second kappa shape index (κ2) is 3.67. The van der Waals surface area contributed by atoms with Gasteiger partial charge in [-0.25, -0.2) is 0 Å². The standard InChI is InChI=1S/C5H12S2/c1-4(2)5(7)3-6/h4-7H,3H2,1-2H3. The minimum absolute atomic E-state index is 0.461. The van der Waals surface area contributed by atoms with Crippen molar-refractivity contribution in [3.8, 4) is 0 Å². The Labute approximate surface area is 56.5 Å². The first-order chi connectivity index (χ1) is 3.18. The van der Waals surface area contributed by atoms with Crippen LogP contribution in [-0.2, 0) is 0 Å². The van der Waals surface area contributed by atoms with E-state index < -0.39 is 0 Å². The van der Waals surface area contributed by atoms with Gasteiger partial charge < -0.3 is 0 Å². The van der Waals surface area contributed by atoms with E-state index in [0.29, 0.717) is 11.2 Å². The van der Waals surface area contributed by atoms with Gasteiger partial charge in [0.15, 0.2) is 0 Å². The van der Waals surface area contributed by atoms with Crippen molar-refractivity contribution in [3.05, 3.63) is 0 Å². The lowest BCUT2D eigenvalue weighted by Gasteiger charge is -2.09. The highest BCUT2D eigenvalue weighted by Crippen LogP contribution is 2.08. The van der Waals surface area contributed by atoms with Gasteiger partial charge in [0.25, 0.3) is 0 Å². The van der Waals surface area contributed by atoms with E-state index in [0.717, 1.165) is 5.75 Å². The maximum Gasteiger partial charge on any atom is 0.0128 e. The lowest BCUT2D eigenvalue weighted by molar-refractivity contribution is 0.652. The molecule has 0 radical (unpaired) electrons. The molecule has 0 heterocycles. The summed E-state index contributed by atoms with van der Waals surface area (Å²) >= 11 is 8.33. The lowest BCUT2D eigenvalue weighted by Crippen LogP contribution is -2.08. The molecule has 1 unspecified atom stereocenters. The molecule has 0 aromatic heterocycles. The van der Waals surface area contributed by atoms with Crippen molar-refractivity contribution in [2.24, 2.45) is 5.92 Å². The van der Waals surface area contributed by atoms with E-state index >= 15 is 0 Å². The van der Waals surface area contributed by atoms with Gasteiger partial charge in [-0.2, -0.15) is 25.3 Å². The average molecular weight is 136 g/mol. The molecule has 0 spiro atoms. The second-order valence-corrected chi connectivity index (χ2v) is 3.02. The van der Waals surface area contributed by atoms with Crippen molar-refractivity contribution in [3.63, 3.8) is 0 Å². The molecule has 0 N–H and O–H groups in total. The number of rotatable bonds is 2.